The van der Waals surface area contributed by atoms with E-state index in [1.54, 1.807) is 0 Å². The Bertz CT molecular complexity index is 225. The molecule has 0 amide bonds. The van der Waals surface area contributed by atoms with E-state index >= 15 is 0 Å². The maximum atomic E-state index is 10.4. The van der Waals surface area contributed by atoms with Gasteiger partial charge in [-0.3, -0.25) is 4.79 Å². The number of carboxylic acids is 1. The van der Waals surface area contributed by atoms with Crippen LogP contribution in [0.2, 0.25) is 0 Å². The highest BCUT2D eigenvalue weighted by Gasteiger charge is 2.35. The number of carbonyl (C=O) groups is 1. The monoisotopic (exact) mass is 254 g/mol. The zero-order valence-corrected chi connectivity index (χ0v) is 12.0. The molecule has 0 radical (unpaired) electrons. The van der Waals surface area contributed by atoms with Crippen LogP contribution in [0.3, 0.4) is 0 Å². The summed E-state index contributed by atoms with van der Waals surface area (Å²) in [4.78, 5) is 10.4. The van der Waals surface area contributed by atoms with Crippen LogP contribution in [0.5, 0.6) is 0 Å². The van der Waals surface area contributed by atoms with Gasteiger partial charge >= 0.3 is 5.97 Å². The van der Waals surface area contributed by atoms with Crippen molar-refractivity contribution in [3.63, 3.8) is 0 Å². The van der Waals surface area contributed by atoms with Gasteiger partial charge in [0.1, 0.15) is 0 Å². The van der Waals surface area contributed by atoms with Gasteiger partial charge in [-0.25, -0.2) is 0 Å². The SMILES string of the molecule is CCCCCCCCC1CC1CCCCC(=O)O. The zero-order chi connectivity index (χ0) is 13.2. The Morgan fingerprint density at radius 2 is 1.50 bits per heavy atom. The van der Waals surface area contributed by atoms with Gasteiger partial charge in [0.2, 0.25) is 0 Å². The van der Waals surface area contributed by atoms with Crippen molar-refractivity contribution in [3.05, 3.63) is 0 Å². The van der Waals surface area contributed by atoms with E-state index in [2.05, 4.69) is 6.92 Å². The maximum absolute atomic E-state index is 10.4. The van der Waals surface area contributed by atoms with Crippen molar-refractivity contribution in [3.8, 4) is 0 Å². The van der Waals surface area contributed by atoms with Gasteiger partial charge in [0.25, 0.3) is 0 Å². The average molecular weight is 254 g/mol. The Balaban J connectivity index is 1.81. The van der Waals surface area contributed by atoms with Gasteiger partial charge < -0.3 is 5.11 Å². The van der Waals surface area contributed by atoms with E-state index in [1.807, 2.05) is 0 Å². The molecule has 0 aliphatic heterocycles. The van der Waals surface area contributed by atoms with Crippen molar-refractivity contribution in [1.82, 2.24) is 0 Å². The number of unbranched alkanes of at least 4 members (excludes halogenated alkanes) is 6. The molecule has 1 aliphatic rings. The van der Waals surface area contributed by atoms with Gasteiger partial charge in [-0.05, 0) is 24.7 Å². The Kier molecular flexibility index (Phi) is 8.11. The molecule has 0 saturated heterocycles. The lowest BCUT2D eigenvalue weighted by molar-refractivity contribution is -0.137. The minimum Gasteiger partial charge on any atom is -0.481 e. The third-order valence-corrected chi connectivity index (χ3v) is 4.21. The molecule has 2 nitrogen and oxygen atoms in total. The van der Waals surface area contributed by atoms with E-state index in [4.69, 9.17) is 5.11 Å². The zero-order valence-electron chi connectivity index (χ0n) is 12.0. The fourth-order valence-corrected chi connectivity index (χ4v) is 2.89. The topological polar surface area (TPSA) is 37.3 Å². The van der Waals surface area contributed by atoms with Gasteiger partial charge in [-0.1, -0.05) is 64.7 Å². The summed E-state index contributed by atoms with van der Waals surface area (Å²) in [5.74, 6) is 1.28. The van der Waals surface area contributed by atoms with Crippen molar-refractivity contribution < 1.29 is 9.90 Å². The third-order valence-electron chi connectivity index (χ3n) is 4.21. The Labute approximate surface area is 112 Å². The summed E-state index contributed by atoms with van der Waals surface area (Å²) in [5.41, 5.74) is 0. The Hall–Kier alpha value is -0.530. The van der Waals surface area contributed by atoms with Crippen molar-refractivity contribution in [2.24, 2.45) is 11.8 Å². The standard InChI is InChI=1S/C16H30O2/c1-2-3-4-5-6-7-10-14-13-15(14)11-8-9-12-16(17)18/h14-15H,2-13H2,1H3,(H,17,18). The quantitative estimate of drug-likeness (QED) is 0.497. The molecule has 18 heavy (non-hydrogen) atoms. The molecule has 2 atom stereocenters. The minimum atomic E-state index is -0.644. The van der Waals surface area contributed by atoms with Crippen LogP contribution in [-0.4, -0.2) is 11.1 Å². The predicted molar refractivity (Wildman–Crippen MR) is 75.7 cm³/mol. The molecule has 106 valence electrons. The molecule has 0 spiro atoms. The predicted octanol–water partition coefficient (Wildman–Crippen LogP) is 5.02. The first-order chi connectivity index (χ1) is 8.74. The first-order valence-electron chi connectivity index (χ1n) is 7.95. The van der Waals surface area contributed by atoms with E-state index in [0.29, 0.717) is 6.42 Å². The second-order valence-corrected chi connectivity index (χ2v) is 5.95. The molecule has 1 saturated carbocycles. The number of aliphatic carboxylic acids is 1. The van der Waals surface area contributed by atoms with Crippen molar-refractivity contribution in [1.29, 1.82) is 0 Å². The normalized spacial score (nSPS) is 22.1. The van der Waals surface area contributed by atoms with Crippen molar-refractivity contribution in [2.75, 3.05) is 0 Å². The molecule has 1 aliphatic carbocycles. The summed E-state index contributed by atoms with van der Waals surface area (Å²) < 4.78 is 0. The molecule has 0 aromatic rings. The van der Waals surface area contributed by atoms with Crippen LogP contribution in [0, 0.1) is 11.8 Å². The largest absolute Gasteiger partial charge is 0.481 e. The highest BCUT2D eigenvalue weighted by Crippen LogP contribution is 2.45. The highest BCUT2D eigenvalue weighted by molar-refractivity contribution is 5.66. The van der Waals surface area contributed by atoms with Crippen molar-refractivity contribution in [2.45, 2.75) is 84.0 Å². The number of rotatable bonds is 12. The summed E-state index contributed by atoms with van der Waals surface area (Å²) in [6.07, 6.45) is 14.9. The van der Waals surface area contributed by atoms with E-state index < -0.39 is 5.97 Å². The highest BCUT2D eigenvalue weighted by atomic mass is 16.4. The minimum absolute atomic E-state index is 0.356. The molecular weight excluding hydrogens is 224 g/mol. The van der Waals surface area contributed by atoms with Crippen LogP contribution >= 0.6 is 0 Å². The maximum Gasteiger partial charge on any atom is 0.303 e. The summed E-state index contributed by atoms with van der Waals surface area (Å²) in [5, 5.41) is 8.55. The van der Waals surface area contributed by atoms with E-state index in [1.165, 1.54) is 57.8 Å². The van der Waals surface area contributed by atoms with Gasteiger partial charge in [0.15, 0.2) is 0 Å². The fourth-order valence-electron chi connectivity index (χ4n) is 2.89. The molecule has 0 aromatic carbocycles. The van der Waals surface area contributed by atoms with E-state index in [0.717, 1.165) is 24.7 Å². The van der Waals surface area contributed by atoms with Gasteiger partial charge in [0.05, 0.1) is 0 Å². The second-order valence-electron chi connectivity index (χ2n) is 5.95. The van der Waals surface area contributed by atoms with Crippen LogP contribution in [0.4, 0.5) is 0 Å². The fraction of sp³-hybridized carbons (Fsp3) is 0.938. The van der Waals surface area contributed by atoms with Crippen LogP contribution in [0.25, 0.3) is 0 Å². The Morgan fingerprint density at radius 3 is 2.11 bits per heavy atom. The molecule has 0 bridgehead atoms. The van der Waals surface area contributed by atoms with Gasteiger partial charge in [-0.15, -0.1) is 0 Å². The average Bonchev–Trinajstić information content (AvgIpc) is 3.08. The summed E-state index contributed by atoms with van der Waals surface area (Å²) >= 11 is 0. The number of hydrogen-bond acceptors (Lipinski definition) is 1. The number of hydrogen-bond donors (Lipinski definition) is 1. The molecule has 0 aromatic heterocycles. The summed E-state index contributed by atoms with van der Waals surface area (Å²) in [6, 6.07) is 0. The van der Waals surface area contributed by atoms with Crippen LogP contribution in [0.15, 0.2) is 0 Å². The van der Waals surface area contributed by atoms with Crippen LogP contribution < -0.4 is 0 Å². The Morgan fingerprint density at radius 1 is 0.944 bits per heavy atom. The smallest absolute Gasteiger partial charge is 0.303 e. The van der Waals surface area contributed by atoms with Gasteiger partial charge in [-0.2, -0.15) is 0 Å². The first-order valence-corrected chi connectivity index (χ1v) is 7.95. The van der Waals surface area contributed by atoms with Crippen molar-refractivity contribution >= 4 is 5.97 Å². The van der Waals surface area contributed by atoms with Crippen LogP contribution in [-0.2, 0) is 4.79 Å². The first kappa shape index (κ1) is 15.5. The molecule has 0 heterocycles. The summed E-state index contributed by atoms with van der Waals surface area (Å²) in [7, 11) is 0. The molecule has 1 rings (SSSR count). The van der Waals surface area contributed by atoms with E-state index in [-0.39, 0.29) is 0 Å². The molecule has 2 heteroatoms. The third kappa shape index (κ3) is 7.73. The van der Waals surface area contributed by atoms with E-state index in [9.17, 15) is 4.79 Å². The molecule has 1 fully saturated rings. The second kappa shape index (κ2) is 9.41. The molecule has 2 unspecified atom stereocenters. The van der Waals surface area contributed by atoms with Gasteiger partial charge in [0, 0.05) is 6.42 Å². The lowest BCUT2D eigenvalue weighted by atomic mass is 10.0. The summed E-state index contributed by atoms with van der Waals surface area (Å²) in [6.45, 7) is 2.26. The lowest BCUT2D eigenvalue weighted by Crippen LogP contribution is -1.94. The molecular formula is C16H30O2. The number of carboxylic acid groups (broad SMARTS) is 1. The van der Waals surface area contributed by atoms with Crippen LogP contribution in [0.1, 0.15) is 84.0 Å². The lowest BCUT2D eigenvalue weighted by Gasteiger charge is -2.01. The molecule has 1 N–H and O–H groups in total.